The van der Waals surface area contributed by atoms with E-state index < -0.39 is 5.97 Å². The van der Waals surface area contributed by atoms with E-state index in [1.165, 1.54) is 0 Å². The summed E-state index contributed by atoms with van der Waals surface area (Å²) in [6.45, 7) is 6.05. The van der Waals surface area contributed by atoms with E-state index >= 15 is 0 Å². The molecule has 0 aliphatic heterocycles. The van der Waals surface area contributed by atoms with Crippen LogP contribution in [0.25, 0.3) is 33.3 Å². The van der Waals surface area contributed by atoms with E-state index in [1.807, 2.05) is 56.9 Å². The first kappa shape index (κ1) is 22.6. The Kier molecular flexibility index (Phi) is 6.54. The highest BCUT2D eigenvalue weighted by molar-refractivity contribution is 5.96. The monoisotopic (exact) mass is 442 g/mol. The Hall–Kier alpha value is -3.54. The molecule has 0 unspecified atom stereocenters. The molecule has 0 bridgehead atoms. The standard InChI is InChI=1S/C25H24N4O2.C2H6/c1-15-22(13-28-29(15)2)17-7-10-20-23(12-17)26-14-27-24(20)18-8-9-19(25(30)31)21(11-18)16-5-3-4-6-16;1-2/h7-14,16H,3-6H2,1-2H3,(H,30,31);1-2H3. The molecule has 0 saturated heterocycles. The number of nitrogens with zero attached hydrogens (tertiary/aromatic N) is 4. The molecule has 170 valence electrons. The van der Waals surface area contributed by atoms with Crippen molar-refractivity contribution in [2.75, 3.05) is 0 Å². The lowest BCUT2D eigenvalue weighted by Crippen LogP contribution is -2.06. The molecule has 1 saturated carbocycles. The maximum absolute atomic E-state index is 11.8. The topological polar surface area (TPSA) is 80.9 Å². The van der Waals surface area contributed by atoms with Crippen LogP contribution in [0.1, 0.15) is 67.1 Å². The van der Waals surface area contributed by atoms with Crippen LogP contribution in [0.2, 0.25) is 0 Å². The van der Waals surface area contributed by atoms with Crippen LogP contribution >= 0.6 is 0 Å². The molecular weight excluding hydrogens is 412 g/mol. The number of hydrogen-bond donors (Lipinski definition) is 1. The molecule has 2 heterocycles. The first-order chi connectivity index (χ1) is 16.0. The number of carboxylic acid groups (broad SMARTS) is 1. The summed E-state index contributed by atoms with van der Waals surface area (Å²) in [4.78, 5) is 20.9. The summed E-state index contributed by atoms with van der Waals surface area (Å²) < 4.78 is 1.86. The minimum Gasteiger partial charge on any atom is -0.478 e. The molecule has 1 aliphatic rings. The molecule has 1 fully saturated rings. The van der Waals surface area contributed by atoms with Crippen molar-refractivity contribution >= 4 is 16.9 Å². The summed E-state index contributed by atoms with van der Waals surface area (Å²) >= 11 is 0. The van der Waals surface area contributed by atoms with Crippen LogP contribution in [0.4, 0.5) is 0 Å². The third-order valence-electron chi connectivity index (χ3n) is 6.53. The average molecular weight is 443 g/mol. The molecule has 1 aliphatic carbocycles. The van der Waals surface area contributed by atoms with Crippen molar-refractivity contribution < 1.29 is 9.90 Å². The Bertz CT molecular complexity index is 1300. The second-order valence-electron chi connectivity index (χ2n) is 8.31. The summed E-state index contributed by atoms with van der Waals surface area (Å²) in [5, 5.41) is 15.0. The second-order valence-corrected chi connectivity index (χ2v) is 8.31. The highest BCUT2D eigenvalue weighted by atomic mass is 16.4. The van der Waals surface area contributed by atoms with Crippen LogP contribution in [0.15, 0.2) is 48.9 Å². The van der Waals surface area contributed by atoms with E-state index in [0.717, 1.165) is 70.2 Å². The smallest absolute Gasteiger partial charge is 0.335 e. The van der Waals surface area contributed by atoms with Gasteiger partial charge in [0.25, 0.3) is 0 Å². The van der Waals surface area contributed by atoms with Gasteiger partial charge in [0, 0.05) is 29.3 Å². The zero-order valence-corrected chi connectivity index (χ0v) is 19.7. The van der Waals surface area contributed by atoms with Gasteiger partial charge < -0.3 is 5.11 Å². The highest BCUT2D eigenvalue weighted by Gasteiger charge is 2.23. The van der Waals surface area contributed by atoms with Gasteiger partial charge in [0.2, 0.25) is 0 Å². The molecule has 0 atom stereocenters. The Morgan fingerprint density at radius 2 is 1.76 bits per heavy atom. The van der Waals surface area contributed by atoms with Crippen LogP contribution in [0, 0.1) is 6.92 Å². The van der Waals surface area contributed by atoms with Gasteiger partial charge in [-0.05, 0) is 61.1 Å². The van der Waals surface area contributed by atoms with Gasteiger partial charge in [0.1, 0.15) is 6.33 Å². The molecule has 5 rings (SSSR count). The Balaban J connectivity index is 0.00000126. The van der Waals surface area contributed by atoms with Gasteiger partial charge in [-0.25, -0.2) is 14.8 Å². The minimum atomic E-state index is -0.863. The summed E-state index contributed by atoms with van der Waals surface area (Å²) in [7, 11) is 1.93. The van der Waals surface area contributed by atoms with Crippen LogP contribution in [0.5, 0.6) is 0 Å². The molecule has 0 spiro atoms. The zero-order chi connectivity index (χ0) is 23.5. The van der Waals surface area contributed by atoms with E-state index in [1.54, 1.807) is 12.4 Å². The molecule has 2 aromatic carbocycles. The van der Waals surface area contributed by atoms with Gasteiger partial charge in [-0.15, -0.1) is 0 Å². The predicted molar refractivity (Wildman–Crippen MR) is 131 cm³/mol. The number of hydrogen-bond acceptors (Lipinski definition) is 4. The van der Waals surface area contributed by atoms with Crippen molar-refractivity contribution in [2.45, 2.75) is 52.4 Å². The lowest BCUT2D eigenvalue weighted by Gasteiger charge is -2.15. The first-order valence-corrected chi connectivity index (χ1v) is 11.6. The third kappa shape index (κ3) is 4.25. The number of carbonyl (C=O) groups is 1. The van der Waals surface area contributed by atoms with Crippen molar-refractivity contribution in [2.24, 2.45) is 7.05 Å². The van der Waals surface area contributed by atoms with E-state index in [-0.39, 0.29) is 0 Å². The van der Waals surface area contributed by atoms with E-state index in [2.05, 4.69) is 27.2 Å². The average Bonchev–Trinajstić information content (AvgIpc) is 3.50. The summed E-state index contributed by atoms with van der Waals surface area (Å²) in [6, 6.07) is 11.8. The van der Waals surface area contributed by atoms with Crippen molar-refractivity contribution in [3.8, 4) is 22.4 Å². The fourth-order valence-corrected chi connectivity index (χ4v) is 4.72. The Morgan fingerprint density at radius 1 is 1.03 bits per heavy atom. The van der Waals surface area contributed by atoms with Crippen LogP contribution in [-0.2, 0) is 7.05 Å². The molecule has 0 amide bonds. The number of aromatic carboxylic acids is 1. The minimum absolute atomic E-state index is 0.305. The fraction of sp³-hybridized carbons (Fsp3) is 0.333. The molecule has 6 heteroatoms. The van der Waals surface area contributed by atoms with Crippen LogP contribution in [0.3, 0.4) is 0 Å². The van der Waals surface area contributed by atoms with E-state index in [0.29, 0.717) is 11.5 Å². The summed E-state index contributed by atoms with van der Waals surface area (Å²) in [6.07, 6.45) is 7.85. The number of aryl methyl sites for hydroxylation is 1. The third-order valence-corrected chi connectivity index (χ3v) is 6.53. The molecule has 2 aromatic heterocycles. The second kappa shape index (κ2) is 9.53. The van der Waals surface area contributed by atoms with Crippen LogP contribution in [-0.4, -0.2) is 30.8 Å². The lowest BCUT2D eigenvalue weighted by molar-refractivity contribution is 0.0695. The Morgan fingerprint density at radius 3 is 2.42 bits per heavy atom. The molecule has 1 N–H and O–H groups in total. The SMILES string of the molecule is CC.Cc1c(-c2ccc3c(-c4ccc(C(=O)O)c(C5CCCC5)c4)ncnc3c2)cnn1C. The number of carboxylic acids is 1. The predicted octanol–water partition coefficient (Wildman–Crippen LogP) is 6.39. The van der Waals surface area contributed by atoms with Gasteiger partial charge in [0.05, 0.1) is 23.0 Å². The van der Waals surface area contributed by atoms with Crippen molar-refractivity contribution in [3.63, 3.8) is 0 Å². The first-order valence-electron chi connectivity index (χ1n) is 11.6. The van der Waals surface area contributed by atoms with Crippen molar-refractivity contribution in [3.05, 3.63) is 65.7 Å². The van der Waals surface area contributed by atoms with Gasteiger partial charge in [-0.2, -0.15) is 5.10 Å². The zero-order valence-electron chi connectivity index (χ0n) is 19.7. The summed E-state index contributed by atoms with van der Waals surface area (Å²) in [5.41, 5.74) is 7.20. The fourth-order valence-electron chi connectivity index (χ4n) is 4.72. The van der Waals surface area contributed by atoms with Gasteiger partial charge in [-0.3, -0.25) is 4.68 Å². The lowest BCUT2D eigenvalue weighted by atomic mass is 9.90. The quantitative estimate of drug-likeness (QED) is 0.396. The van der Waals surface area contributed by atoms with Gasteiger partial charge in [0.15, 0.2) is 0 Å². The Labute approximate surface area is 194 Å². The molecule has 33 heavy (non-hydrogen) atoms. The number of rotatable bonds is 4. The molecular formula is C27H30N4O2. The maximum Gasteiger partial charge on any atom is 0.335 e. The molecule has 4 aromatic rings. The van der Waals surface area contributed by atoms with Gasteiger partial charge >= 0.3 is 5.97 Å². The van der Waals surface area contributed by atoms with E-state index in [4.69, 9.17) is 0 Å². The molecule has 0 radical (unpaired) electrons. The maximum atomic E-state index is 11.8. The largest absolute Gasteiger partial charge is 0.478 e. The number of benzene rings is 2. The number of aromatic nitrogens is 4. The van der Waals surface area contributed by atoms with E-state index in [9.17, 15) is 9.90 Å². The number of fused-ring (bicyclic) bond motifs is 1. The van der Waals surface area contributed by atoms with Crippen molar-refractivity contribution in [1.82, 2.24) is 19.7 Å². The molecule has 6 nitrogen and oxygen atoms in total. The normalized spacial score (nSPS) is 13.7. The van der Waals surface area contributed by atoms with Crippen molar-refractivity contribution in [1.29, 1.82) is 0 Å². The summed E-state index contributed by atoms with van der Waals surface area (Å²) in [5.74, 6) is -0.559. The highest BCUT2D eigenvalue weighted by Crippen LogP contribution is 2.38. The van der Waals surface area contributed by atoms with Crippen LogP contribution < -0.4 is 0 Å². The van der Waals surface area contributed by atoms with Gasteiger partial charge in [-0.1, -0.05) is 38.8 Å².